The summed E-state index contributed by atoms with van der Waals surface area (Å²) in [6.45, 7) is 1.51. The number of aryl methyl sites for hydroxylation is 1. The van der Waals surface area contributed by atoms with E-state index in [9.17, 15) is 0 Å². The Hall–Kier alpha value is -2.08. The van der Waals surface area contributed by atoms with E-state index in [2.05, 4.69) is 18.0 Å². The summed E-state index contributed by atoms with van der Waals surface area (Å²) in [6.07, 6.45) is 8.51. The van der Waals surface area contributed by atoms with Crippen LogP contribution in [0.25, 0.3) is 5.69 Å². The van der Waals surface area contributed by atoms with Crippen molar-refractivity contribution in [2.75, 3.05) is 20.4 Å². The van der Waals surface area contributed by atoms with E-state index < -0.39 is 0 Å². The number of rotatable bonds is 5. The van der Waals surface area contributed by atoms with Crippen LogP contribution in [0.4, 0.5) is 0 Å². The first kappa shape index (κ1) is 16.1. The summed E-state index contributed by atoms with van der Waals surface area (Å²) in [7, 11) is 2.25. The minimum absolute atomic E-state index is 0.296. The lowest BCUT2D eigenvalue weighted by atomic mass is 9.98. The molecule has 2 aromatic rings. The molecule has 3 aliphatic rings. The van der Waals surface area contributed by atoms with Crippen LogP contribution in [0.1, 0.15) is 56.1 Å². The van der Waals surface area contributed by atoms with Crippen LogP contribution in [0, 0.1) is 0 Å². The first-order valence-corrected chi connectivity index (χ1v) is 9.84. The Balaban J connectivity index is 1.41. The van der Waals surface area contributed by atoms with E-state index in [4.69, 9.17) is 19.6 Å². The van der Waals surface area contributed by atoms with Crippen molar-refractivity contribution >= 4 is 0 Å². The Morgan fingerprint density at radius 3 is 2.85 bits per heavy atom. The van der Waals surface area contributed by atoms with Gasteiger partial charge in [0.1, 0.15) is 5.82 Å². The highest BCUT2D eigenvalue weighted by atomic mass is 16.7. The van der Waals surface area contributed by atoms with Gasteiger partial charge in [-0.15, -0.1) is 0 Å². The quantitative estimate of drug-likeness (QED) is 0.825. The summed E-state index contributed by atoms with van der Waals surface area (Å²) in [5, 5.41) is 4.85. The Morgan fingerprint density at radius 1 is 1.12 bits per heavy atom. The molecule has 1 atom stereocenters. The third-order valence-corrected chi connectivity index (χ3v) is 5.86. The second kappa shape index (κ2) is 6.58. The zero-order valence-corrected chi connectivity index (χ0v) is 15.4. The van der Waals surface area contributed by atoms with Crippen LogP contribution in [-0.2, 0) is 6.42 Å². The number of nitrogens with zero attached hydrogens (tertiary/aromatic N) is 4. The zero-order chi connectivity index (χ0) is 17.5. The van der Waals surface area contributed by atoms with Crippen molar-refractivity contribution in [2.24, 2.45) is 0 Å². The molecule has 0 spiro atoms. The summed E-state index contributed by atoms with van der Waals surface area (Å²) in [6, 6.07) is 6.70. The Kier molecular flexibility index (Phi) is 4.08. The van der Waals surface area contributed by atoms with Crippen molar-refractivity contribution in [1.82, 2.24) is 19.7 Å². The van der Waals surface area contributed by atoms with E-state index in [0.29, 0.717) is 18.8 Å². The molecule has 1 aliphatic carbocycles. The maximum atomic E-state index is 5.55. The molecule has 0 bridgehead atoms. The van der Waals surface area contributed by atoms with Gasteiger partial charge in [0.25, 0.3) is 0 Å². The third-order valence-electron chi connectivity index (χ3n) is 5.86. The predicted octanol–water partition coefficient (Wildman–Crippen LogP) is 3.29. The maximum Gasteiger partial charge on any atom is 0.231 e. The summed E-state index contributed by atoms with van der Waals surface area (Å²) >= 11 is 0. The molecule has 1 saturated heterocycles. The standard InChI is InChI=1S/C20H26N4O2/c1-23-11-3-2-4-15(23)8-10-19-21-20(14-5-6-14)22-24(19)16-7-9-17-18(12-16)26-13-25-17/h7,9,12,14-15H,2-6,8,10-11,13H2,1H3/t15-/m0/s1. The number of benzene rings is 1. The highest BCUT2D eigenvalue weighted by Crippen LogP contribution is 2.39. The first-order chi connectivity index (χ1) is 12.8. The van der Waals surface area contributed by atoms with Gasteiger partial charge in [0.15, 0.2) is 17.3 Å². The number of hydrogen-bond acceptors (Lipinski definition) is 5. The number of hydrogen-bond donors (Lipinski definition) is 0. The smallest absolute Gasteiger partial charge is 0.231 e. The van der Waals surface area contributed by atoms with Crippen LogP contribution in [-0.4, -0.2) is 46.1 Å². The highest BCUT2D eigenvalue weighted by molar-refractivity contribution is 5.50. The van der Waals surface area contributed by atoms with Crippen LogP contribution < -0.4 is 9.47 Å². The number of aromatic nitrogens is 3. The molecule has 6 nitrogen and oxygen atoms in total. The summed E-state index contributed by atoms with van der Waals surface area (Å²) in [5.74, 6) is 4.24. The lowest BCUT2D eigenvalue weighted by Crippen LogP contribution is -2.36. The molecule has 138 valence electrons. The molecular formula is C20H26N4O2. The van der Waals surface area contributed by atoms with Gasteiger partial charge in [0, 0.05) is 24.4 Å². The van der Waals surface area contributed by atoms with Gasteiger partial charge in [-0.1, -0.05) is 6.42 Å². The molecule has 0 unspecified atom stereocenters. The molecule has 2 fully saturated rings. The molecule has 26 heavy (non-hydrogen) atoms. The van der Waals surface area contributed by atoms with Gasteiger partial charge >= 0.3 is 0 Å². The normalized spacial score (nSPS) is 22.7. The fourth-order valence-corrected chi connectivity index (χ4v) is 4.07. The van der Waals surface area contributed by atoms with Gasteiger partial charge in [-0.25, -0.2) is 9.67 Å². The number of ether oxygens (including phenoxy) is 2. The lowest BCUT2D eigenvalue weighted by molar-refractivity contribution is 0.174. The Morgan fingerprint density at radius 2 is 2.00 bits per heavy atom. The van der Waals surface area contributed by atoms with Crippen molar-refractivity contribution < 1.29 is 9.47 Å². The molecular weight excluding hydrogens is 328 g/mol. The summed E-state index contributed by atoms with van der Waals surface area (Å²) < 4.78 is 13.0. The van der Waals surface area contributed by atoms with Crippen molar-refractivity contribution in [3.05, 3.63) is 29.8 Å². The molecule has 0 N–H and O–H groups in total. The fourth-order valence-electron chi connectivity index (χ4n) is 4.07. The van der Waals surface area contributed by atoms with E-state index >= 15 is 0 Å². The van der Waals surface area contributed by atoms with Crippen molar-refractivity contribution in [3.63, 3.8) is 0 Å². The number of piperidine rings is 1. The molecule has 3 heterocycles. The fraction of sp³-hybridized carbons (Fsp3) is 0.600. The van der Waals surface area contributed by atoms with E-state index in [1.807, 2.05) is 16.8 Å². The topological polar surface area (TPSA) is 52.4 Å². The van der Waals surface area contributed by atoms with E-state index in [-0.39, 0.29) is 0 Å². The summed E-state index contributed by atoms with van der Waals surface area (Å²) in [5.41, 5.74) is 1.01. The molecule has 2 aliphatic heterocycles. The molecule has 5 rings (SSSR count). The minimum atomic E-state index is 0.296. The maximum absolute atomic E-state index is 5.55. The van der Waals surface area contributed by atoms with Gasteiger partial charge in [-0.05, 0) is 57.8 Å². The summed E-state index contributed by atoms with van der Waals surface area (Å²) in [4.78, 5) is 7.42. The molecule has 6 heteroatoms. The first-order valence-electron chi connectivity index (χ1n) is 9.84. The largest absolute Gasteiger partial charge is 0.454 e. The third kappa shape index (κ3) is 3.07. The predicted molar refractivity (Wildman–Crippen MR) is 98.0 cm³/mol. The molecule has 1 aromatic carbocycles. The minimum Gasteiger partial charge on any atom is -0.454 e. The van der Waals surface area contributed by atoms with E-state index in [1.54, 1.807) is 0 Å². The molecule has 1 saturated carbocycles. The van der Waals surface area contributed by atoms with Crippen molar-refractivity contribution in [3.8, 4) is 17.2 Å². The monoisotopic (exact) mass is 354 g/mol. The Labute approximate surface area is 154 Å². The molecule has 0 radical (unpaired) electrons. The average Bonchev–Trinajstić information content (AvgIpc) is 3.25. The van der Waals surface area contributed by atoms with Crippen molar-refractivity contribution in [2.45, 2.75) is 56.9 Å². The van der Waals surface area contributed by atoms with Gasteiger partial charge in [-0.3, -0.25) is 0 Å². The lowest BCUT2D eigenvalue weighted by Gasteiger charge is -2.32. The average molecular weight is 354 g/mol. The van der Waals surface area contributed by atoms with Gasteiger partial charge in [0.05, 0.1) is 5.69 Å². The van der Waals surface area contributed by atoms with Gasteiger partial charge < -0.3 is 14.4 Å². The Bertz CT molecular complexity index is 799. The second-order valence-corrected chi connectivity index (χ2v) is 7.78. The molecule has 1 aromatic heterocycles. The van der Waals surface area contributed by atoms with Gasteiger partial charge in [0.2, 0.25) is 6.79 Å². The van der Waals surface area contributed by atoms with Crippen LogP contribution in [0.5, 0.6) is 11.5 Å². The number of fused-ring (bicyclic) bond motifs is 1. The van der Waals surface area contributed by atoms with Gasteiger partial charge in [-0.2, -0.15) is 5.10 Å². The SMILES string of the molecule is CN1CCCC[C@H]1CCc1nc(C2CC2)nn1-c1ccc2c(c1)OCO2. The van der Waals surface area contributed by atoms with Crippen LogP contribution in [0.3, 0.4) is 0 Å². The van der Waals surface area contributed by atoms with Crippen LogP contribution in [0.2, 0.25) is 0 Å². The van der Waals surface area contributed by atoms with Crippen molar-refractivity contribution in [1.29, 1.82) is 0 Å². The van der Waals surface area contributed by atoms with Crippen LogP contribution in [0.15, 0.2) is 18.2 Å². The number of likely N-dealkylation sites (tertiary alicyclic amines) is 1. The highest BCUT2D eigenvalue weighted by Gasteiger charge is 2.30. The van der Waals surface area contributed by atoms with Crippen LogP contribution >= 0.6 is 0 Å². The van der Waals surface area contributed by atoms with E-state index in [0.717, 1.165) is 41.7 Å². The molecule has 0 amide bonds. The van der Waals surface area contributed by atoms with E-state index in [1.165, 1.54) is 38.6 Å². The second-order valence-electron chi connectivity index (χ2n) is 7.78. The zero-order valence-electron chi connectivity index (χ0n) is 15.4.